The minimum absolute atomic E-state index is 0.805. The lowest BCUT2D eigenvalue weighted by Crippen LogP contribution is -2.16. The zero-order chi connectivity index (χ0) is 17.6. The Morgan fingerprint density at radius 1 is 0.696 bits per heavy atom. The molecule has 2 aromatic carbocycles. The van der Waals surface area contributed by atoms with E-state index in [4.69, 9.17) is 7.85 Å². The quantitative estimate of drug-likeness (QED) is 0.410. The predicted octanol–water partition coefficient (Wildman–Crippen LogP) is 6.62. The first-order valence-electron chi connectivity index (χ1n) is 7.30. The molecule has 0 bridgehead atoms. The molecule has 0 fully saturated rings. The van der Waals surface area contributed by atoms with Crippen LogP contribution in [0.3, 0.4) is 0 Å². The molecule has 0 saturated carbocycles. The first-order valence-corrected chi connectivity index (χ1v) is 9.68. The lowest BCUT2D eigenvalue weighted by Gasteiger charge is -2.23. The lowest BCUT2D eigenvalue weighted by atomic mass is 9.79. The number of hydrogen-bond donors (Lipinski definition) is 0. The van der Waals surface area contributed by atoms with Crippen molar-refractivity contribution < 1.29 is 0 Å². The molecule has 0 spiro atoms. The summed E-state index contributed by atoms with van der Waals surface area (Å²) < 4.78 is 3.11. The van der Waals surface area contributed by atoms with Crippen LogP contribution in [0.25, 0.3) is 17.2 Å². The van der Waals surface area contributed by atoms with E-state index in [0.717, 1.165) is 41.1 Å². The molecule has 23 heavy (non-hydrogen) atoms. The third-order valence-corrected chi connectivity index (χ3v) is 7.58. The summed E-state index contributed by atoms with van der Waals surface area (Å²) in [4.78, 5) is 0. The molecule has 118 valence electrons. The van der Waals surface area contributed by atoms with Gasteiger partial charge in [-0.2, -0.15) is 0 Å². The summed E-state index contributed by atoms with van der Waals surface area (Å²) in [6, 6.07) is 0. The molecule has 0 atom stereocenters. The van der Waals surface area contributed by atoms with Gasteiger partial charge >= 0.3 is 0 Å². The van der Waals surface area contributed by atoms with Crippen LogP contribution in [0.5, 0.6) is 0 Å². The molecule has 2 aromatic rings. The molecule has 0 aliphatic rings. The van der Waals surface area contributed by atoms with Crippen LogP contribution in [0.1, 0.15) is 33.4 Å². The molecular formula is C19H18BBr3. The number of benzene rings is 2. The van der Waals surface area contributed by atoms with Crippen LogP contribution in [0.15, 0.2) is 20.0 Å². The van der Waals surface area contributed by atoms with E-state index in [9.17, 15) is 0 Å². The van der Waals surface area contributed by atoms with Crippen molar-refractivity contribution in [3.63, 3.8) is 0 Å². The van der Waals surface area contributed by atoms with E-state index in [1.165, 1.54) is 22.3 Å². The Labute approximate surface area is 165 Å². The summed E-state index contributed by atoms with van der Waals surface area (Å²) in [5.41, 5.74) is 9.95. The van der Waals surface area contributed by atoms with E-state index in [-0.39, 0.29) is 0 Å². The second-order valence-corrected chi connectivity index (χ2v) is 8.23. The molecule has 4 heteroatoms. The first-order chi connectivity index (χ1) is 10.6. The summed E-state index contributed by atoms with van der Waals surface area (Å²) in [6.07, 6.45) is 1.89. The second kappa shape index (κ2) is 6.89. The highest BCUT2D eigenvalue weighted by Crippen LogP contribution is 2.45. The van der Waals surface area contributed by atoms with Gasteiger partial charge in [0.1, 0.15) is 7.85 Å². The maximum atomic E-state index is 6.51. The number of rotatable bonds is 2. The molecule has 2 radical (unpaired) electrons. The van der Waals surface area contributed by atoms with Gasteiger partial charge in [-0.1, -0.05) is 23.7 Å². The maximum absolute atomic E-state index is 6.51. The van der Waals surface area contributed by atoms with Crippen molar-refractivity contribution >= 4 is 67.2 Å². The summed E-state index contributed by atoms with van der Waals surface area (Å²) in [7, 11) is 6.51. The minimum Gasteiger partial charge on any atom is -0.0984 e. The fourth-order valence-electron chi connectivity index (χ4n) is 2.80. The van der Waals surface area contributed by atoms with Gasteiger partial charge in [0.15, 0.2) is 0 Å². The molecule has 0 unspecified atom stereocenters. The molecular weight excluding hydrogens is 479 g/mol. The Morgan fingerprint density at radius 2 is 1.17 bits per heavy atom. The van der Waals surface area contributed by atoms with Gasteiger partial charge in [-0.05, 0) is 116 Å². The van der Waals surface area contributed by atoms with Gasteiger partial charge in [-0.3, -0.25) is 0 Å². The van der Waals surface area contributed by atoms with Crippen molar-refractivity contribution in [1.29, 1.82) is 0 Å². The Bertz CT molecular complexity index is 807. The fraction of sp³-hybridized carbons (Fsp3) is 0.263. The molecule has 0 saturated heterocycles. The van der Waals surface area contributed by atoms with Crippen LogP contribution in [0.2, 0.25) is 0 Å². The normalized spacial score (nSPS) is 11.0. The number of halogens is 3. The van der Waals surface area contributed by atoms with Crippen LogP contribution < -0.4 is 5.46 Å². The van der Waals surface area contributed by atoms with Gasteiger partial charge in [0.25, 0.3) is 0 Å². The van der Waals surface area contributed by atoms with Crippen molar-refractivity contribution in [3.05, 3.63) is 53.4 Å². The standard InChI is InChI=1S/C19H18BBr3/c1-7-13-9(3)12(6)18(22)15(19(13)23)14-16(20)10(4)8(2)11(5)17(14)21/h7H,1H2,2-6H3. The minimum atomic E-state index is 0.805. The monoisotopic (exact) mass is 494 g/mol. The molecule has 0 aliphatic carbocycles. The highest BCUT2D eigenvalue weighted by molar-refractivity contribution is 9.11. The van der Waals surface area contributed by atoms with Crippen molar-refractivity contribution in [2.45, 2.75) is 34.6 Å². The zero-order valence-electron chi connectivity index (χ0n) is 14.0. The third-order valence-electron chi connectivity index (χ3n) is 4.77. The summed E-state index contributed by atoms with van der Waals surface area (Å²) in [5, 5.41) is 0. The van der Waals surface area contributed by atoms with Gasteiger partial charge in [0.05, 0.1) is 0 Å². The van der Waals surface area contributed by atoms with Crippen LogP contribution in [-0.4, -0.2) is 7.85 Å². The summed E-state index contributed by atoms with van der Waals surface area (Å²) in [6.45, 7) is 14.5. The van der Waals surface area contributed by atoms with Gasteiger partial charge in [0.2, 0.25) is 0 Å². The fourth-order valence-corrected chi connectivity index (χ4v) is 5.32. The Kier molecular flexibility index (Phi) is 5.70. The van der Waals surface area contributed by atoms with Crippen molar-refractivity contribution in [1.82, 2.24) is 0 Å². The zero-order valence-corrected chi connectivity index (χ0v) is 18.8. The van der Waals surface area contributed by atoms with Gasteiger partial charge in [0, 0.05) is 19.0 Å². The second-order valence-electron chi connectivity index (χ2n) is 5.85. The first kappa shape index (κ1) is 19.0. The van der Waals surface area contributed by atoms with E-state index in [1.807, 2.05) is 6.08 Å². The highest BCUT2D eigenvalue weighted by atomic mass is 79.9. The Hall–Kier alpha value is -0.315. The maximum Gasteiger partial charge on any atom is 0.115 e. The largest absolute Gasteiger partial charge is 0.115 e. The van der Waals surface area contributed by atoms with Crippen molar-refractivity contribution in [2.24, 2.45) is 0 Å². The Morgan fingerprint density at radius 3 is 1.70 bits per heavy atom. The van der Waals surface area contributed by atoms with E-state index in [0.29, 0.717) is 0 Å². The van der Waals surface area contributed by atoms with Gasteiger partial charge in [-0.25, -0.2) is 0 Å². The van der Waals surface area contributed by atoms with Crippen molar-refractivity contribution in [3.8, 4) is 11.1 Å². The van der Waals surface area contributed by atoms with Crippen LogP contribution in [0.4, 0.5) is 0 Å². The summed E-state index contributed by atoms with van der Waals surface area (Å²) >= 11 is 11.3. The van der Waals surface area contributed by atoms with Crippen LogP contribution in [0, 0.1) is 34.6 Å². The molecule has 0 aromatic heterocycles. The highest BCUT2D eigenvalue weighted by Gasteiger charge is 2.22. The van der Waals surface area contributed by atoms with Crippen molar-refractivity contribution in [2.75, 3.05) is 0 Å². The average molecular weight is 497 g/mol. The third kappa shape index (κ3) is 2.92. The smallest absolute Gasteiger partial charge is 0.0984 e. The molecule has 0 N–H and O–H groups in total. The molecule has 2 rings (SSSR count). The molecule has 0 nitrogen and oxygen atoms in total. The molecule has 0 heterocycles. The molecule has 0 amide bonds. The summed E-state index contributed by atoms with van der Waals surface area (Å²) in [5.74, 6) is 0. The lowest BCUT2D eigenvalue weighted by molar-refractivity contribution is 1.25. The van der Waals surface area contributed by atoms with Gasteiger partial charge in [-0.15, -0.1) is 0 Å². The Balaban J connectivity index is 3.06. The SMILES string of the molecule is [B]c1c(C)c(C)c(C)c(Br)c1-c1c(Br)c(C)c(C)c(C=C)c1Br. The van der Waals surface area contributed by atoms with E-state index >= 15 is 0 Å². The topological polar surface area (TPSA) is 0 Å². The van der Waals surface area contributed by atoms with Crippen LogP contribution in [-0.2, 0) is 0 Å². The van der Waals surface area contributed by atoms with E-state index in [1.54, 1.807) is 0 Å². The van der Waals surface area contributed by atoms with Crippen LogP contribution >= 0.6 is 47.8 Å². The predicted molar refractivity (Wildman–Crippen MR) is 114 cm³/mol. The van der Waals surface area contributed by atoms with E-state index in [2.05, 4.69) is 89.0 Å². The average Bonchev–Trinajstić information content (AvgIpc) is 2.52. The molecule has 0 aliphatic heterocycles. The van der Waals surface area contributed by atoms with Gasteiger partial charge < -0.3 is 0 Å². The number of hydrogen-bond acceptors (Lipinski definition) is 0. The van der Waals surface area contributed by atoms with E-state index < -0.39 is 0 Å².